The predicted molar refractivity (Wildman–Crippen MR) is 68.3 cm³/mol. The maximum Gasteiger partial charge on any atom is 0.0705 e. The minimum Gasteiger partial charge on any atom is -0.392 e. The van der Waals surface area contributed by atoms with Gasteiger partial charge in [0.25, 0.3) is 0 Å². The first kappa shape index (κ1) is 12.5. The lowest BCUT2D eigenvalue weighted by Crippen LogP contribution is -2.21. The number of hydrogen-bond donors (Lipinski definition) is 1. The summed E-state index contributed by atoms with van der Waals surface area (Å²) < 4.78 is 0. The quantitative estimate of drug-likeness (QED) is 0.642. The van der Waals surface area contributed by atoms with Gasteiger partial charge in [-0.15, -0.1) is 0 Å². The van der Waals surface area contributed by atoms with E-state index in [1.54, 1.807) is 0 Å². The molecule has 0 spiro atoms. The summed E-state index contributed by atoms with van der Waals surface area (Å²) in [5, 5.41) is 9.84. The van der Waals surface area contributed by atoms with Gasteiger partial charge in [-0.05, 0) is 25.3 Å². The molecule has 0 aliphatic heterocycles. The number of halogens is 1. The molecule has 0 amide bonds. The highest BCUT2D eigenvalue weighted by atomic mass is 79.9. The van der Waals surface area contributed by atoms with E-state index in [1.165, 1.54) is 5.56 Å². The largest absolute Gasteiger partial charge is 0.392 e. The fourth-order valence-corrected chi connectivity index (χ4v) is 1.70. The molecule has 1 aromatic carbocycles. The molecule has 0 radical (unpaired) electrons. The molecule has 2 atom stereocenters. The van der Waals surface area contributed by atoms with Crippen LogP contribution in [0, 0.1) is 0 Å². The Morgan fingerprint density at radius 2 is 2.00 bits per heavy atom. The van der Waals surface area contributed by atoms with Crippen molar-refractivity contribution < 1.29 is 5.11 Å². The van der Waals surface area contributed by atoms with Gasteiger partial charge in [0.05, 0.1) is 10.9 Å². The van der Waals surface area contributed by atoms with Crippen molar-refractivity contribution >= 4 is 15.9 Å². The summed E-state index contributed by atoms with van der Waals surface area (Å²) in [6.45, 7) is 5.75. The molecule has 0 aliphatic carbocycles. The molecule has 2 unspecified atom stereocenters. The molecule has 1 nitrogen and oxygen atoms in total. The van der Waals surface area contributed by atoms with E-state index in [-0.39, 0.29) is 10.9 Å². The molecular formula is C13H17BrO. The van der Waals surface area contributed by atoms with Crippen molar-refractivity contribution in [1.82, 2.24) is 0 Å². The highest BCUT2D eigenvalue weighted by Crippen LogP contribution is 2.18. The second-order valence-corrected chi connectivity index (χ2v) is 4.83. The van der Waals surface area contributed by atoms with Crippen LogP contribution in [0.4, 0.5) is 0 Å². The van der Waals surface area contributed by atoms with Gasteiger partial charge in [0.15, 0.2) is 0 Å². The third-order valence-electron chi connectivity index (χ3n) is 2.38. The van der Waals surface area contributed by atoms with Crippen LogP contribution in [0.3, 0.4) is 0 Å². The molecule has 2 heteroatoms. The van der Waals surface area contributed by atoms with Crippen molar-refractivity contribution in [3.05, 3.63) is 48.0 Å². The lowest BCUT2D eigenvalue weighted by molar-refractivity contribution is 0.172. The Kier molecular flexibility index (Phi) is 5.06. The number of hydrogen-bond acceptors (Lipinski definition) is 1. The lowest BCUT2D eigenvalue weighted by Gasteiger charge is -2.17. The smallest absolute Gasteiger partial charge is 0.0705 e. The average Bonchev–Trinajstić information content (AvgIpc) is 2.26. The van der Waals surface area contributed by atoms with Gasteiger partial charge in [-0.3, -0.25) is 0 Å². The molecule has 0 heterocycles. The molecule has 15 heavy (non-hydrogen) atoms. The fraction of sp³-hybridized carbons (Fsp3) is 0.385. The summed E-state index contributed by atoms with van der Waals surface area (Å²) in [7, 11) is 0. The highest BCUT2D eigenvalue weighted by molar-refractivity contribution is 9.09. The van der Waals surface area contributed by atoms with Crippen molar-refractivity contribution in [2.75, 3.05) is 0 Å². The van der Waals surface area contributed by atoms with Gasteiger partial charge in [0.1, 0.15) is 0 Å². The molecule has 0 saturated carbocycles. The van der Waals surface area contributed by atoms with Crippen LogP contribution in [0.5, 0.6) is 0 Å². The molecular weight excluding hydrogens is 252 g/mol. The lowest BCUT2D eigenvalue weighted by atomic mass is 10.0. The number of aryl methyl sites for hydroxylation is 1. The third-order valence-corrected chi connectivity index (χ3v) is 3.77. The second-order valence-electron chi connectivity index (χ2n) is 3.84. The molecule has 0 aliphatic rings. The molecule has 0 fully saturated rings. The van der Waals surface area contributed by atoms with E-state index in [0.717, 1.165) is 18.4 Å². The van der Waals surface area contributed by atoms with Crippen molar-refractivity contribution in [2.45, 2.75) is 30.7 Å². The molecule has 82 valence electrons. The number of benzene rings is 1. The van der Waals surface area contributed by atoms with Crippen molar-refractivity contribution in [3.8, 4) is 0 Å². The van der Waals surface area contributed by atoms with Crippen LogP contribution >= 0.6 is 15.9 Å². The van der Waals surface area contributed by atoms with Crippen molar-refractivity contribution in [3.63, 3.8) is 0 Å². The van der Waals surface area contributed by atoms with Crippen LogP contribution in [0.25, 0.3) is 0 Å². The fourth-order valence-electron chi connectivity index (χ4n) is 1.43. The molecule has 0 aromatic heterocycles. The van der Waals surface area contributed by atoms with Crippen LogP contribution in [-0.4, -0.2) is 16.0 Å². The number of alkyl halides is 1. The van der Waals surface area contributed by atoms with Crippen LogP contribution < -0.4 is 0 Å². The Labute approximate surface area is 100.0 Å². The minimum absolute atomic E-state index is 0.00112. The van der Waals surface area contributed by atoms with Gasteiger partial charge < -0.3 is 5.11 Å². The van der Waals surface area contributed by atoms with E-state index in [1.807, 2.05) is 25.1 Å². The Bertz CT molecular complexity index is 308. The first-order valence-corrected chi connectivity index (χ1v) is 6.04. The van der Waals surface area contributed by atoms with Crippen molar-refractivity contribution in [2.24, 2.45) is 0 Å². The van der Waals surface area contributed by atoms with Crippen molar-refractivity contribution in [1.29, 1.82) is 0 Å². The summed E-state index contributed by atoms with van der Waals surface area (Å²) in [6, 6.07) is 10.2. The van der Waals surface area contributed by atoms with E-state index in [2.05, 4.69) is 34.6 Å². The Morgan fingerprint density at radius 3 is 2.53 bits per heavy atom. The van der Waals surface area contributed by atoms with Crippen LogP contribution in [0.1, 0.15) is 18.9 Å². The summed E-state index contributed by atoms with van der Waals surface area (Å²) in [6.07, 6.45) is 1.30. The van der Waals surface area contributed by atoms with E-state index >= 15 is 0 Å². The van der Waals surface area contributed by atoms with Gasteiger partial charge in [-0.1, -0.05) is 58.4 Å². The van der Waals surface area contributed by atoms with E-state index in [4.69, 9.17) is 0 Å². The second kappa shape index (κ2) is 6.09. The summed E-state index contributed by atoms with van der Waals surface area (Å²) in [5.74, 6) is 0. The van der Waals surface area contributed by atoms with Gasteiger partial charge in [-0.25, -0.2) is 0 Å². The maximum absolute atomic E-state index is 9.84. The molecule has 0 bridgehead atoms. The monoisotopic (exact) mass is 268 g/mol. The molecule has 1 aromatic rings. The number of aliphatic hydroxyl groups excluding tert-OH is 1. The summed E-state index contributed by atoms with van der Waals surface area (Å²) in [5.41, 5.74) is 2.23. The van der Waals surface area contributed by atoms with Crippen LogP contribution in [0.2, 0.25) is 0 Å². The number of rotatable bonds is 5. The average molecular weight is 269 g/mol. The summed E-state index contributed by atoms with van der Waals surface area (Å²) >= 11 is 3.43. The zero-order chi connectivity index (χ0) is 11.3. The minimum atomic E-state index is -0.359. The molecule has 0 saturated heterocycles. The zero-order valence-corrected chi connectivity index (χ0v) is 10.6. The van der Waals surface area contributed by atoms with Gasteiger partial charge in [0.2, 0.25) is 0 Å². The third kappa shape index (κ3) is 4.18. The Balaban J connectivity index is 2.41. The zero-order valence-electron chi connectivity index (χ0n) is 8.99. The highest BCUT2D eigenvalue weighted by Gasteiger charge is 2.15. The summed E-state index contributed by atoms with van der Waals surface area (Å²) in [4.78, 5) is 0.00112. The van der Waals surface area contributed by atoms with E-state index in [0.29, 0.717) is 0 Å². The van der Waals surface area contributed by atoms with Gasteiger partial charge in [0, 0.05) is 0 Å². The first-order valence-electron chi connectivity index (χ1n) is 5.12. The van der Waals surface area contributed by atoms with Crippen LogP contribution in [0.15, 0.2) is 42.5 Å². The van der Waals surface area contributed by atoms with E-state index in [9.17, 15) is 5.11 Å². The Hall–Kier alpha value is -0.600. The Morgan fingerprint density at radius 1 is 1.40 bits per heavy atom. The SMILES string of the molecule is C=C(C)C(Br)C(O)CCc1ccccc1. The topological polar surface area (TPSA) is 20.2 Å². The molecule has 1 N–H and O–H groups in total. The standard InChI is InChI=1S/C13H17BrO/c1-10(2)13(14)12(15)9-8-11-6-4-3-5-7-11/h3-7,12-13,15H,1,8-9H2,2H3. The number of aliphatic hydroxyl groups is 1. The van der Waals surface area contributed by atoms with Gasteiger partial charge >= 0.3 is 0 Å². The first-order chi connectivity index (χ1) is 7.11. The maximum atomic E-state index is 9.84. The molecule has 1 rings (SSSR count). The van der Waals surface area contributed by atoms with Gasteiger partial charge in [-0.2, -0.15) is 0 Å². The predicted octanol–water partition coefficient (Wildman–Crippen LogP) is 3.32. The normalized spacial score (nSPS) is 14.6. The van der Waals surface area contributed by atoms with Crippen LogP contribution in [-0.2, 0) is 6.42 Å². The van der Waals surface area contributed by atoms with E-state index < -0.39 is 0 Å².